The number of hydrogen-bond acceptors (Lipinski definition) is 3. The standard InChI is InChI=1S/C13H15BrN2O4/c14-10-2-1-8(12(18)19)7-11(10)15-13(20)16-5-3-9(17)4-6-16/h1-2,7,9,17H,3-6H2,(H,15,20)(H,18,19). The molecule has 1 aliphatic rings. The van der Waals surface area contributed by atoms with Crippen molar-refractivity contribution in [1.29, 1.82) is 0 Å². The minimum atomic E-state index is -1.05. The molecule has 0 aliphatic carbocycles. The fourth-order valence-corrected chi connectivity index (χ4v) is 2.36. The number of nitrogens with zero attached hydrogens (tertiary/aromatic N) is 1. The van der Waals surface area contributed by atoms with Crippen LogP contribution in [0.15, 0.2) is 22.7 Å². The third-order valence-electron chi connectivity index (χ3n) is 3.21. The Hall–Kier alpha value is -1.60. The monoisotopic (exact) mass is 342 g/mol. The molecule has 6 nitrogen and oxygen atoms in total. The van der Waals surface area contributed by atoms with Crippen LogP contribution in [0.25, 0.3) is 0 Å². The van der Waals surface area contributed by atoms with E-state index in [0.717, 1.165) is 0 Å². The number of carboxylic acids is 1. The van der Waals surface area contributed by atoms with Gasteiger partial charge in [-0.25, -0.2) is 9.59 Å². The number of anilines is 1. The van der Waals surface area contributed by atoms with E-state index < -0.39 is 5.97 Å². The number of aliphatic hydroxyl groups is 1. The fraction of sp³-hybridized carbons (Fsp3) is 0.385. The highest BCUT2D eigenvalue weighted by Gasteiger charge is 2.21. The van der Waals surface area contributed by atoms with Gasteiger partial charge in [-0.3, -0.25) is 0 Å². The minimum Gasteiger partial charge on any atom is -0.478 e. The number of piperidine rings is 1. The van der Waals surface area contributed by atoms with Crippen molar-refractivity contribution in [2.45, 2.75) is 18.9 Å². The van der Waals surface area contributed by atoms with Gasteiger partial charge in [0.1, 0.15) is 0 Å². The van der Waals surface area contributed by atoms with Gasteiger partial charge >= 0.3 is 12.0 Å². The molecule has 1 fully saturated rings. The lowest BCUT2D eigenvalue weighted by atomic mass is 10.1. The molecule has 0 atom stereocenters. The van der Waals surface area contributed by atoms with Crippen LogP contribution in [0, 0.1) is 0 Å². The number of carboxylic acid groups (broad SMARTS) is 1. The predicted octanol–water partition coefficient (Wildman–Crippen LogP) is 2.14. The summed E-state index contributed by atoms with van der Waals surface area (Å²) in [4.78, 5) is 24.6. The van der Waals surface area contributed by atoms with E-state index >= 15 is 0 Å². The molecule has 2 rings (SSSR count). The molecule has 0 spiro atoms. The van der Waals surface area contributed by atoms with Gasteiger partial charge in [-0.2, -0.15) is 0 Å². The molecule has 1 saturated heterocycles. The predicted molar refractivity (Wildman–Crippen MR) is 76.9 cm³/mol. The number of urea groups is 1. The first-order chi connectivity index (χ1) is 9.47. The number of aliphatic hydroxyl groups excluding tert-OH is 1. The summed E-state index contributed by atoms with van der Waals surface area (Å²) >= 11 is 3.28. The van der Waals surface area contributed by atoms with E-state index in [1.165, 1.54) is 12.1 Å². The van der Waals surface area contributed by atoms with E-state index in [9.17, 15) is 14.7 Å². The van der Waals surface area contributed by atoms with Crippen LogP contribution < -0.4 is 5.32 Å². The van der Waals surface area contributed by atoms with Gasteiger partial charge in [0, 0.05) is 17.6 Å². The zero-order valence-electron chi connectivity index (χ0n) is 10.7. The SMILES string of the molecule is O=C(O)c1ccc(Br)c(NC(=O)N2CCC(O)CC2)c1. The Morgan fingerprint density at radius 3 is 2.55 bits per heavy atom. The number of amides is 2. The van der Waals surface area contributed by atoms with Crippen molar-refractivity contribution in [1.82, 2.24) is 4.90 Å². The van der Waals surface area contributed by atoms with E-state index in [-0.39, 0.29) is 17.7 Å². The van der Waals surface area contributed by atoms with Crippen LogP contribution in [0.3, 0.4) is 0 Å². The molecule has 0 bridgehead atoms. The Bertz CT molecular complexity index is 527. The third kappa shape index (κ3) is 3.49. The number of rotatable bonds is 2. The molecule has 7 heteroatoms. The number of halogens is 1. The maximum absolute atomic E-state index is 12.1. The van der Waals surface area contributed by atoms with Crippen molar-refractivity contribution in [2.75, 3.05) is 18.4 Å². The van der Waals surface area contributed by atoms with Gasteiger partial charge in [0.2, 0.25) is 0 Å². The molecule has 0 aromatic heterocycles. The topological polar surface area (TPSA) is 89.9 Å². The molecule has 0 saturated carbocycles. The molecular weight excluding hydrogens is 328 g/mol. The highest BCUT2D eigenvalue weighted by Crippen LogP contribution is 2.24. The maximum atomic E-state index is 12.1. The second-order valence-corrected chi connectivity index (χ2v) is 5.50. The van der Waals surface area contributed by atoms with Crippen molar-refractivity contribution >= 4 is 33.6 Å². The molecule has 0 unspecified atom stereocenters. The first-order valence-corrected chi connectivity index (χ1v) is 7.03. The van der Waals surface area contributed by atoms with Gasteiger partial charge in [-0.05, 0) is 47.0 Å². The lowest BCUT2D eigenvalue weighted by Crippen LogP contribution is -2.42. The second kappa shape index (κ2) is 6.23. The van der Waals surface area contributed by atoms with Crippen molar-refractivity contribution in [3.8, 4) is 0 Å². The maximum Gasteiger partial charge on any atom is 0.335 e. The number of carbonyl (C=O) groups is 2. The first-order valence-electron chi connectivity index (χ1n) is 6.24. The van der Waals surface area contributed by atoms with E-state index in [0.29, 0.717) is 36.1 Å². The van der Waals surface area contributed by atoms with E-state index in [1.54, 1.807) is 11.0 Å². The van der Waals surface area contributed by atoms with Crippen LogP contribution in [0.2, 0.25) is 0 Å². The Morgan fingerprint density at radius 1 is 1.30 bits per heavy atom. The number of nitrogens with one attached hydrogen (secondary N) is 1. The number of benzene rings is 1. The number of carbonyl (C=O) groups excluding carboxylic acids is 1. The Kier molecular flexibility index (Phi) is 4.61. The molecular formula is C13H15BrN2O4. The van der Waals surface area contributed by atoms with Gasteiger partial charge in [0.05, 0.1) is 17.4 Å². The van der Waals surface area contributed by atoms with Crippen LogP contribution in [0.4, 0.5) is 10.5 Å². The smallest absolute Gasteiger partial charge is 0.335 e. The lowest BCUT2D eigenvalue weighted by molar-refractivity contribution is 0.0696. The van der Waals surface area contributed by atoms with E-state index in [4.69, 9.17) is 5.11 Å². The molecule has 1 aliphatic heterocycles. The molecule has 1 heterocycles. The van der Waals surface area contributed by atoms with Gasteiger partial charge in [0.15, 0.2) is 0 Å². The molecule has 108 valence electrons. The molecule has 3 N–H and O–H groups in total. The highest BCUT2D eigenvalue weighted by molar-refractivity contribution is 9.10. The second-order valence-electron chi connectivity index (χ2n) is 4.65. The Morgan fingerprint density at radius 2 is 1.95 bits per heavy atom. The zero-order valence-corrected chi connectivity index (χ0v) is 12.3. The Labute approximate surface area is 124 Å². The summed E-state index contributed by atoms with van der Waals surface area (Å²) in [6.07, 6.45) is 0.772. The number of hydrogen-bond donors (Lipinski definition) is 3. The Balaban J connectivity index is 2.07. The van der Waals surface area contributed by atoms with Gasteiger partial charge in [-0.1, -0.05) is 0 Å². The van der Waals surface area contributed by atoms with Gasteiger partial charge < -0.3 is 20.4 Å². The fourth-order valence-electron chi connectivity index (χ4n) is 2.02. The van der Waals surface area contributed by atoms with Gasteiger partial charge in [-0.15, -0.1) is 0 Å². The molecule has 1 aromatic carbocycles. The summed E-state index contributed by atoms with van der Waals surface area (Å²) in [5, 5.41) is 21.0. The molecule has 20 heavy (non-hydrogen) atoms. The summed E-state index contributed by atoms with van der Waals surface area (Å²) in [5.74, 6) is -1.05. The normalized spacial score (nSPS) is 16.0. The lowest BCUT2D eigenvalue weighted by Gasteiger charge is -2.29. The summed E-state index contributed by atoms with van der Waals surface area (Å²) in [6.45, 7) is 0.979. The average Bonchev–Trinajstić information content (AvgIpc) is 2.41. The number of likely N-dealkylation sites (tertiary alicyclic amines) is 1. The van der Waals surface area contributed by atoms with Crippen LogP contribution >= 0.6 is 15.9 Å². The van der Waals surface area contributed by atoms with Gasteiger partial charge in [0.25, 0.3) is 0 Å². The van der Waals surface area contributed by atoms with Crippen LogP contribution in [-0.2, 0) is 0 Å². The average molecular weight is 343 g/mol. The molecule has 2 amide bonds. The van der Waals surface area contributed by atoms with Crippen molar-refractivity contribution < 1.29 is 19.8 Å². The summed E-state index contributed by atoms with van der Waals surface area (Å²) in [6, 6.07) is 4.15. The first kappa shape index (κ1) is 14.8. The zero-order chi connectivity index (χ0) is 14.7. The largest absolute Gasteiger partial charge is 0.478 e. The third-order valence-corrected chi connectivity index (χ3v) is 3.90. The minimum absolute atomic E-state index is 0.109. The highest BCUT2D eigenvalue weighted by atomic mass is 79.9. The van der Waals surface area contributed by atoms with Crippen molar-refractivity contribution in [2.24, 2.45) is 0 Å². The quantitative estimate of drug-likeness (QED) is 0.767. The summed E-state index contributed by atoms with van der Waals surface area (Å²) in [5.41, 5.74) is 0.526. The van der Waals surface area contributed by atoms with Crippen molar-refractivity contribution in [3.63, 3.8) is 0 Å². The summed E-state index contributed by atoms with van der Waals surface area (Å²) < 4.78 is 0.618. The van der Waals surface area contributed by atoms with Crippen molar-refractivity contribution in [3.05, 3.63) is 28.2 Å². The van der Waals surface area contributed by atoms with Crippen LogP contribution in [-0.4, -0.2) is 46.3 Å². The number of aromatic carboxylic acids is 1. The molecule has 0 radical (unpaired) electrons. The summed E-state index contributed by atoms with van der Waals surface area (Å²) in [7, 11) is 0. The van der Waals surface area contributed by atoms with Crippen LogP contribution in [0.1, 0.15) is 23.2 Å². The van der Waals surface area contributed by atoms with E-state index in [1.807, 2.05) is 0 Å². The van der Waals surface area contributed by atoms with Crippen LogP contribution in [0.5, 0.6) is 0 Å². The van der Waals surface area contributed by atoms with E-state index in [2.05, 4.69) is 21.2 Å². The molecule has 1 aromatic rings.